The van der Waals surface area contributed by atoms with Gasteiger partial charge in [0.15, 0.2) is 5.78 Å². The van der Waals surface area contributed by atoms with Gasteiger partial charge in [0.1, 0.15) is 11.6 Å². The molecule has 0 bridgehead atoms. The summed E-state index contributed by atoms with van der Waals surface area (Å²) in [5, 5.41) is 0. The zero-order valence-corrected chi connectivity index (χ0v) is 14.1. The van der Waals surface area contributed by atoms with E-state index < -0.39 is 0 Å². The summed E-state index contributed by atoms with van der Waals surface area (Å²) in [5.74, 6) is -0.414. The van der Waals surface area contributed by atoms with Gasteiger partial charge in [0.05, 0.1) is 6.54 Å². The zero-order chi connectivity index (χ0) is 17.6. The summed E-state index contributed by atoms with van der Waals surface area (Å²) in [6.45, 7) is 4.62. The van der Waals surface area contributed by atoms with Gasteiger partial charge in [0.2, 0.25) is 0 Å². The highest BCUT2D eigenvalue weighted by Crippen LogP contribution is 2.10. The van der Waals surface area contributed by atoms with Crippen molar-refractivity contribution in [1.82, 2.24) is 9.80 Å². The van der Waals surface area contributed by atoms with Gasteiger partial charge in [-0.25, -0.2) is 8.78 Å². The van der Waals surface area contributed by atoms with E-state index in [1.807, 2.05) is 12.1 Å². The molecule has 0 unspecified atom stereocenters. The SMILES string of the molecule is O=C(Cc1cccc(F)c1)CN1CCN(Cc2ccc(F)cc2)CC1. The van der Waals surface area contributed by atoms with E-state index >= 15 is 0 Å². The minimum Gasteiger partial charge on any atom is -0.298 e. The van der Waals surface area contributed by atoms with Crippen molar-refractivity contribution in [3.8, 4) is 0 Å². The largest absolute Gasteiger partial charge is 0.298 e. The van der Waals surface area contributed by atoms with Crippen molar-refractivity contribution in [3.05, 3.63) is 71.3 Å². The summed E-state index contributed by atoms with van der Waals surface area (Å²) >= 11 is 0. The Labute approximate surface area is 146 Å². The third-order valence-corrected chi connectivity index (χ3v) is 4.47. The Kier molecular flexibility index (Phi) is 5.89. The Morgan fingerprint density at radius 3 is 2.20 bits per heavy atom. The maximum absolute atomic E-state index is 13.2. The van der Waals surface area contributed by atoms with Crippen LogP contribution < -0.4 is 0 Å². The molecule has 0 saturated carbocycles. The topological polar surface area (TPSA) is 23.6 Å². The van der Waals surface area contributed by atoms with E-state index in [9.17, 15) is 13.6 Å². The molecule has 1 fully saturated rings. The molecule has 0 aliphatic carbocycles. The molecule has 0 spiro atoms. The van der Waals surface area contributed by atoms with Gasteiger partial charge in [0, 0.05) is 39.1 Å². The molecule has 1 aliphatic heterocycles. The van der Waals surface area contributed by atoms with Crippen molar-refractivity contribution in [3.63, 3.8) is 0 Å². The van der Waals surface area contributed by atoms with Crippen LogP contribution in [0.5, 0.6) is 0 Å². The Morgan fingerprint density at radius 1 is 0.840 bits per heavy atom. The number of rotatable bonds is 6. The zero-order valence-electron chi connectivity index (χ0n) is 14.1. The first kappa shape index (κ1) is 17.7. The fourth-order valence-electron chi connectivity index (χ4n) is 3.13. The Hall–Kier alpha value is -2.11. The van der Waals surface area contributed by atoms with Crippen molar-refractivity contribution >= 4 is 5.78 Å². The second-order valence-corrected chi connectivity index (χ2v) is 6.52. The number of carbonyl (C=O) groups is 1. The van der Waals surface area contributed by atoms with Gasteiger partial charge in [-0.1, -0.05) is 24.3 Å². The highest BCUT2D eigenvalue weighted by atomic mass is 19.1. The second-order valence-electron chi connectivity index (χ2n) is 6.52. The van der Waals surface area contributed by atoms with E-state index in [1.165, 1.54) is 24.3 Å². The average Bonchev–Trinajstić information content (AvgIpc) is 2.59. The highest BCUT2D eigenvalue weighted by Gasteiger charge is 2.19. The number of benzene rings is 2. The second kappa shape index (κ2) is 8.32. The average molecular weight is 344 g/mol. The van der Waals surface area contributed by atoms with Crippen molar-refractivity contribution < 1.29 is 13.6 Å². The highest BCUT2D eigenvalue weighted by molar-refractivity contribution is 5.82. The lowest BCUT2D eigenvalue weighted by molar-refractivity contribution is -0.120. The van der Waals surface area contributed by atoms with Gasteiger partial charge in [-0.3, -0.25) is 14.6 Å². The van der Waals surface area contributed by atoms with Gasteiger partial charge in [0.25, 0.3) is 0 Å². The molecule has 0 amide bonds. The molecule has 5 heteroatoms. The molecule has 3 rings (SSSR count). The van der Waals surface area contributed by atoms with Crippen LogP contribution in [-0.4, -0.2) is 48.3 Å². The van der Waals surface area contributed by atoms with E-state index in [-0.39, 0.29) is 23.8 Å². The third-order valence-electron chi connectivity index (χ3n) is 4.47. The summed E-state index contributed by atoms with van der Waals surface area (Å²) in [4.78, 5) is 16.6. The van der Waals surface area contributed by atoms with E-state index in [4.69, 9.17) is 0 Å². The number of carbonyl (C=O) groups excluding carboxylic acids is 1. The van der Waals surface area contributed by atoms with E-state index in [1.54, 1.807) is 12.1 Å². The van der Waals surface area contributed by atoms with Gasteiger partial charge < -0.3 is 0 Å². The fourth-order valence-corrected chi connectivity index (χ4v) is 3.13. The summed E-state index contributed by atoms with van der Waals surface area (Å²) in [7, 11) is 0. The molecule has 0 aromatic heterocycles. The molecule has 1 aliphatic rings. The van der Waals surface area contributed by atoms with Gasteiger partial charge in [-0.15, -0.1) is 0 Å². The number of hydrogen-bond acceptors (Lipinski definition) is 3. The van der Waals surface area contributed by atoms with Crippen LogP contribution in [0.4, 0.5) is 8.78 Å². The van der Waals surface area contributed by atoms with Crippen LogP contribution in [0, 0.1) is 11.6 Å². The molecule has 0 radical (unpaired) electrons. The van der Waals surface area contributed by atoms with Crippen molar-refractivity contribution in [2.75, 3.05) is 32.7 Å². The van der Waals surface area contributed by atoms with Crippen LogP contribution in [0.1, 0.15) is 11.1 Å². The monoisotopic (exact) mass is 344 g/mol. The molecule has 1 heterocycles. The van der Waals surface area contributed by atoms with E-state index in [2.05, 4.69) is 9.80 Å². The Balaban J connectivity index is 1.42. The molecule has 132 valence electrons. The minimum atomic E-state index is -0.306. The molecule has 3 nitrogen and oxygen atoms in total. The van der Waals surface area contributed by atoms with Crippen molar-refractivity contribution in [2.24, 2.45) is 0 Å². The lowest BCUT2D eigenvalue weighted by atomic mass is 10.1. The maximum atomic E-state index is 13.2. The summed E-state index contributed by atoms with van der Waals surface area (Å²) < 4.78 is 26.1. The Bertz CT molecular complexity index is 710. The van der Waals surface area contributed by atoms with E-state index in [0.29, 0.717) is 6.54 Å². The summed E-state index contributed by atoms with van der Waals surface area (Å²) in [5.41, 5.74) is 1.82. The fraction of sp³-hybridized carbons (Fsp3) is 0.350. The molecule has 2 aromatic rings. The number of Topliss-reactive ketones (excluding diaryl/α,β-unsaturated/α-hetero) is 1. The normalized spacial score (nSPS) is 16.1. The quantitative estimate of drug-likeness (QED) is 0.805. The van der Waals surface area contributed by atoms with Crippen LogP contribution in [-0.2, 0) is 17.8 Å². The molecule has 2 aromatic carbocycles. The molecule has 0 atom stereocenters. The first-order valence-corrected chi connectivity index (χ1v) is 8.54. The number of halogens is 2. The predicted molar refractivity (Wildman–Crippen MR) is 93.2 cm³/mol. The first-order chi connectivity index (χ1) is 12.1. The van der Waals surface area contributed by atoms with Gasteiger partial charge in [-0.2, -0.15) is 0 Å². The molecule has 1 saturated heterocycles. The lowest BCUT2D eigenvalue weighted by Crippen LogP contribution is -2.47. The number of hydrogen-bond donors (Lipinski definition) is 0. The van der Waals surface area contributed by atoms with Gasteiger partial charge >= 0.3 is 0 Å². The molecular formula is C20H22F2N2O. The smallest absolute Gasteiger partial charge is 0.151 e. The van der Waals surface area contributed by atoms with Crippen molar-refractivity contribution in [1.29, 1.82) is 0 Å². The van der Waals surface area contributed by atoms with Gasteiger partial charge in [-0.05, 0) is 35.4 Å². The van der Waals surface area contributed by atoms with Crippen LogP contribution in [0.2, 0.25) is 0 Å². The lowest BCUT2D eigenvalue weighted by Gasteiger charge is -2.34. The summed E-state index contributed by atoms with van der Waals surface area (Å²) in [6.07, 6.45) is 0.271. The first-order valence-electron chi connectivity index (χ1n) is 8.54. The van der Waals surface area contributed by atoms with Crippen molar-refractivity contribution in [2.45, 2.75) is 13.0 Å². The predicted octanol–water partition coefficient (Wildman–Crippen LogP) is 2.89. The number of nitrogens with zero attached hydrogens (tertiary/aromatic N) is 2. The third kappa shape index (κ3) is 5.44. The number of ketones is 1. The molecular weight excluding hydrogens is 322 g/mol. The maximum Gasteiger partial charge on any atom is 0.151 e. The standard InChI is InChI=1S/C20H22F2N2O/c21-18-6-4-16(5-7-18)14-23-8-10-24(11-9-23)15-20(25)13-17-2-1-3-19(22)12-17/h1-7,12H,8-11,13-15H2. The van der Waals surface area contributed by atoms with E-state index in [0.717, 1.165) is 43.9 Å². The molecule has 25 heavy (non-hydrogen) atoms. The minimum absolute atomic E-state index is 0.109. The van der Waals surface area contributed by atoms with Crippen LogP contribution in [0.15, 0.2) is 48.5 Å². The Morgan fingerprint density at radius 2 is 1.52 bits per heavy atom. The molecule has 0 N–H and O–H groups in total. The summed E-state index contributed by atoms with van der Waals surface area (Å²) in [6, 6.07) is 12.8. The number of piperazine rings is 1. The van der Waals surface area contributed by atoms with Crippen LogP contribution in [0.3, 0.4) is 0 Å². The van der Waals surface area contributed by atoms with Crippen LogP contribution in [0.25, 0.3) is 0 Å². The van der Waals surface area contributed by atoms with Crippen LogP contribution >= 0.6 is 0 Å².